The summed E-state index contributed by atoms with van der Waals surface area (Å²) in [6.45, 7) is 1.87. The number of amides is 1. The van der Waals surface area contributed by atoms with Gasteiger partial charge < -0.3 is 14.6 Å². The SMILES string of the molecule is CCOc1cc(/C=N\NC(=O)COc2ccc([N+](=O)[O-])cc2Br)cc(I)c1O. The monoisotopic (exact) mass is 563 g/mol. The van der Waals surface area contributed by atoms with Gasteiger partial charge in [0.15, 0.2) is 18.1 Å². The van der Waals surface area contributed by atoms with Gasteiger partial charge in [-0.05, 0) is 69.2 Å². The fraction of sp³-hybridized carbons (Fsp3) is 0.176. The Hall–Kier alpha value is -2.41. The molecule has 2 rings (SSSR count). The molecule has 0 spiro atoms. The molecule has 9 nitrogen and oxygen atoms in total. The number of hydrogen-bond donors (Lipinski definition) is 2. The fourth-order valence-electron chi connectivity index (χ4n) is 2.01. The van der Waals surface area contributed by atoms with Crippen molar-refractivity contribution < 1.29 is 24.3 Å². The molecule has 148 valence electrons. The van der Waals surface area contributed by atoms with Gasteiger partial charge in [-0.25, -0.2) is 5.43 Å². The van der Waals surface area contributed by atoms with Gasteiger partial charge in [0.2, 0.25) is 0 Å². The van der Waals surface area contributed by atoms with Crippen molar-refractivity contribution in [2.45, 2.75) is 6.92 Å². The number of nitrogens with zero attached hydrogens (tertiary/aromatic N) is 2. The third-order valence-electron chi connectivity index (χ3n) is 3.24. The van der Waals surface area contributed by atoms with Gasteiger partial charge in [-0.15, -0.1) is 0 Å². The summed E-state index contributed by atoms with van der Waals surface area (Å²) in [7, 11) is 0. The lowest BCUT2D eigenvalue weighted by atomic mass is 10.2. The van der Waals surface area contributed by atoms with Gasteiger partial charge in [0, 0.05) is 12.1 Å². The van der Waals surface area contributed by atoms with Crippen molar-refractivity contribution in [3.63, 3.8) is 0 Å². The maximum Gasteiger partial charge on any atom is 0.277 e. The number of rotatable bonds is 8. The molecule has 0 atom stereocenters. The molecular weight excluding hydrogens is 549 g/mol. The number of hydrazone groups is 1. The minimum absolute atomic E-state index is 0.0470. The number of aromatic hydroxyl groups is 1. The first-order chi connectivity index (χ1) is 13.3. The molecule has 2 N–H and O–H groups in total. The van der Waals surface area contributed by atoms with Gasteiger partial charge in [-0.2, -0.15) is 5.10 Å². The van der Waals surface area contributed by atoms with Gasteiger partial charge in [-0.1, -0.05) is 0 Å². The minimum atomic E-state index is -0.530. The van der Waals surface area contributed by atoms with Crippen LogP contribution in [0.25, 0.3) is 0 Å². The van der Waals surface area contributed by atoms with Crippen LogP contribution in [-0.2, 0) is 4.79 Å². The van der Waals surface area contributed by atoms with Crippen molar-refractivity contribution in [1.82, 2.24) is 5.43 Å². The van der Waals surface area contributed by atoms with Crippen LogP contribution in [0.2, 0.25) is 0 Å². The molecule has 11 heteroatoms. The topological polar surface area (TPSA) is 123 Å². The van der Waals surface area contributed by atoms with Crippen molar-refractivity contribution in [3.05, 3.63) is 54.1 Å². The van der Waals surface area contributed by atoms with Crippen molar-refractivity contribution in [1.29, 1.82) is 0 Å². The molecule has 0 bridgehead atoms. The van der Waals surface area contributed by atoms with E-state index >= 15 is 0 Å². The summed E-state index contributed by atoms with van der Waals surface area (Å²) in [4.78, 5) is 22.0. The summed E-state index contributed by atoms with van der Waals surface area (Å²) < 4.78 is 11.6. The number of phenolic OH excluding ortho intramolecular Hbond substituents is 1. The number of carbonyl (C=O) groups excluding carboxylic acids is 1. The Labute approximate surface area is 182 Å². The second kappa shape index (κ2) is 10.2. The predicted octanol–water partition coefficient (Wildman–Crippen LogP) is 3.60. The number of non-ortho nitro benzene ring substituents is 1. The summed E-state index contributed by atoms with van der Waals surface area (Å²) in [6, 6.07) is 7.23. The first kappa shape index (κ1) is 21.9. The summed E-state index contributed by atoms with van der Waals surface area (Å²) in [6.07, 6.45) is 1.41. The lowest BCUT2D eigenvalue weighted by Gasteiger charge is -2.08. The predicted molar refractivity (Wildman–Crippen MR) is 114 cm³/mol. The number of nitro groups is 1. The number of benzene rings is 2. The van der Waals surface area contributed by atoms with E-state index in [1.807, 2.05) is 22.6 Å². The van der Waals surface area contributed by atoms with Gasteiger partial charge in [0.25, 0.3) is 11.6 Å². The molecule has 1 amide bonds. The summed E-state index contributed by atoms with van der Waals surface area (Å²) in [5.41, 5.74) is 2.85. The summed E-state index contributed by atoms with van der Waals surface area (Å²) >= 11 is 5.12. The highest BCUT2D eigenvalue weighted by atomic mass is 127. The number of nitrogens with one attached hydrogen (secondary N) is 1. The van der Waals surface area contributed by atoms with E-state index in [2.05, 4.69) is 26.5 Å². The molecule has 0 heterocycles. The molecule has 0 aliphatic rings. The molecule has 2 aromatic rings. The summed E-state index contributed by atoms with van der Waals surface area (Å²) in [5.74, 6) is 0.151. The van der Waals surface area contributed by atoms with E-state index in [4.69, 9.17) is 9.47 Å². The fourth-order valence-corrected chi connectivity index (χ4v) is 3.12. The number of ether oxygens (including phenoxy) is 2. The molecule has 0 saturated carbocycles. The van der Waals surface area contributed by atoms with Gasteiger partial charge in [0.1, 0.15) is 5.75 Å². The third-order valence-corrected chi connectivity index (χ3v) is 4.68. The van der Waals surface area contributed by atoms with Crippen LogP contribution in [0.4, 0.5) is 5.69 Å². The molecule has 2 aromatic carbocycles. The van der Waals surface area contributed by atoms with E-state index in [-0.39, 0.29) is 18.0 Å². The lowest BCUT2D eigenvalue weighted by molar-refractivity contribution is -0.384. The first-order valence-electron chi connectivity index (χ1n) is 7.85. The van der Waals surface area contributed by atoms with Crippen molar-refractivity contribution >= 4 is 56.3 Å². The highest BCUT2D eigenvalue weighted by Crippen LogP contribution is 2.32. The van der Waals surface area contributed by atoms with Crippen LogP contribution in [-0.4, -0.2) is 35.4 Å². The maximum atomic E-state index is 11.8. The number of phenols is 1. The average molecular weight is 564 g/mol. The van der Waals surface area contributed by atoms with E-state index < -0.39 is 10.8 Å². The van der Waals surface area contributed by atoms with Crippen molar-refractivity contribution in [2.24, 2.45) is 5.10 Å². The van der Waals surface area contributed by atoms with Gasteiger partial charge in [-0.3, -0.25) is 14.9 Å². The van der Waals surface area contributed by atoms with Crippen LogP contribution in [0.15, 0.2) is 39.9 Å². The van der Waals surface area contributed by atoms with E-state index in [9.17, 15) is 20.0 Å². The first-order valence-corrected chi connectivity index (χ1v) is 9.73. The van der Waals surface area contributed by atoms with Crippen LogP contribution in [0.5, 0.6) is 17.2 Å². The average Bonchev–Trinajstić information content (AvgIpc) is 2.64. The standard InChI is InChI=1S/C17H15BrIN3O6/c1-2-27-15-6-10(5-13(19)17(15)24)8-20-21-16(23)9-28-14-4-3-11(22(25)26)7-12(14)18/h3-8,24H,2,9H2,1H3,(H,21,23)/b20-8-. The van der Waals surface area contributed by atoms with E-state index in [0.29, 0.717) is 31.7 Å². The number of halogens is 2. The van der Waals surface area contributed by atoms with Crippen LogP contribution in [0, 0.1) is 13.7 Å². The smallest absolute Gasteiger partial charge is 0.277 e. The van der Waals surface area contributed by atoms with Crippen LogP contribution in [0.3, 0.4) is 0 Å². The highest BCUT2D eigenvalue weighted by Gasteiger charge is 2.11. The number of hydrogen-bond acceptors (Lipinski definition) is 7. The molecule has 0 radical (unpaired) electrons. The van der Waals surface area contributed by atoms with E-state index in [1.54, 1.807) is 19.1 Å². The Morgan fingerprint density at radius 2 is 2.11 bits per heavy atom. The van der Waals surface area contributed by atoms with Gasteiger partial charge in [0.05, 0.1) is 25.8 Å². The lowest BCUT2D eigenvalue weighted by Crippen LogP contribution is -2.24. The minimum Gasteiger partial charge on any atom is -0.504 e. The van der Waals surface area contributed by atoms with Gasteiger partial charge >= 0.3 is 0 Å². The van der Waals surface area contributed by atoms with Crippen LogP contribution >= 0.6 is 38.5 Å². The van der Waals surface area contributed by atoms with E-state index in [0.717, 1.165) is 0 Å². The Bertz CT molecular complexity index is 922. The van der Waals surface area contributed by atoms with Crippen molar-refractivity contribution in [2.75, 3.05) is 13.2 Å². The number of nitro benzene ring substituents is 1. The molecular formula is C17H15BrIN3O6. The molecule has 0 aliphatic heterocycles. The zero-order valence-corrected chi connectivity index (χ0v) is 18.3. The molecule has 28 heavy (non-hydrogen) atoms. The molecule has 0 fully saturated rings. The quantitative estimate of drug-likeness (QED) is 0.219. The van der Waals surface area contributed by atoms with Crippen molar-refractivity contribution in [3.8, 4) is 17.2 Å². The Morgan fingerprint density at radius 3 is 2.75 bits per heavy atom. The third kappa shape index (κ3) is 6.05. The molecule has 0 saturated heterocycles. The molecule has 0 aromatic heterocycles. The Morgan fingerprint density at radius 1 is 1.36 bits per heavy atom. The molecule has 0 unspecified atom stereocenters. The second-order valence-electron chi connectivity index (χ2n) is 5.24. The number of carbonyl (C=O) groups is 1. The highest BCUT2D eigenvalue weighted by molar-refractivity contribution is 14.1. The maximum absolute atomic E-state index is 11.8. The summed E-state index contributed by atoms with van der Waals surface area (Å²) in [5, 5.41) is 24.5. The zero-order valence-electron chi connectivity index (χ0n) is 14.5. The second-order valence-corrected chi connectivity index (χ2v) is 7.25. The largest absolute Gasteiger partial charge is 0.504 e. The Balaban J connectivity index is 1.93. The van der Waals surface area contributed by atoms with Crippen LogP contribution in [0.1, 0.15) is 12.5 Å². The Kier molecular flexibility index (Phi) is 7.99. The normalized spacial score (nSPS) is 10.7. The zero-order chi connectivity index (χ0) is 20.7. The molecule has 0 aliphatic carbocycles. The van der Waals surface area contributed by atoms with Crippen LogP contribution < -0.4 is 14.9 Å². The van der Waals surface area contributed by atoms with E-state index in [1.165, 1.54) is 24.4 Å².